The molecule has 6 heteroatoms. The molecule has 0 saturated carbocycles. The number of alkyl halides is 1. The second kappa shape index (κ2) is 8.85. The van der Waals surface area contributed by atoms with Crippen LogP contribution in [0.4, 0.5) is 21.7 Å². The fourth-order valence-electron chi connectivity index (χ4n) is 4.22. The maximum atomic E-state index is 14.6. The molecule has 172 valence electrons. The summed E-state index contributed by atoms with van der Waals surface area (Å²) in [6.07, 6.45) is 0.967. The molecule has 0 atom stereocenters. The Kier molecular flexibility index (Phi) is 6.11. The monoisotopic (exact) mass is 445 g/mol. The van der Waals surface area contributed by atoms with Crippen LogP contribution in [-0.2, 0) is 5.67 Å². The van der Waals surface area contributed by atoms with Gasteiger partial charge in [0, 0.05) is 31.4 Å². The molecular formula is C27H32FN5. The second-order valence-corrected chi connectivity index (χ2v) is 9.26. The van der Waals surface area contributed by atoms with Crippen molar-refractivity contribution in [2.75, 3.05) is 35.3 Å². The van der Waals surface area contributed by atoms with E-state index in [9.17, 15) is 4.39 Å². The molecule has 1 aliphatic rings. The Bertz CT molecular complexity index is 1160. The van der Waals surface area contributed by atoms with E-state index in [1.807, 2.05) is 49.4 Å². The molecule has 0 spiro atoms. The van der Waals surface area contributed by atoms with Gasteiger partial charge in [-0.1, -0.05) is 24.8 Å². The molecule has 0 aliphatic carbocycles. The minimum atomic E-state index is -1.41. The van der Waals surface area contributed by atoms with Crippen molar-refractivity contribution in [3.63, 3.8) is 0 Å². The summed E-state index contributed by atoms with van der Waals surface area (Å²) in [7, 11) is 2.08. The molecule has 3 aromatic rings. The van der Waals surface area contributed by atoms with E-state index in [0.717, 1.165) is 65.2 Å². The van der Waals surface area contributed by atoms with Crippen LogP contribution in [0.2, 0.25) is 0 Å². The SMILES string of the molecule is C=C(Nc1cc(C)cc(C)n1)N1CCCN(C)c2ccc(-c3cccc(C(C)(C)F)c3)nc21. The zero-order valence-corrected chi connectivity index (χ0v) is 20.1. The lowest BCUT2D eigenvalue weighted by Gasteiger charge is -2.27. The highest BCUT2D eigenvalue weighted by Gasteiger charge is 2.24. The molecule has 4 rings (SSSR count). The lowest BCUT2D eigenvalue weighted by atomic mass is 9.97. The molecule has 0 amide bonds. The predicted molar refractivity (Wildman–Crippen MR) is 136 cm³/mol. The maximum Gasteiger partial charge on any atom is 0.158 e. The summed E-state index contributed by atoms with van der Waals surface area (Å²) in [4.78, 5) is 14.0. The van der Waals surface area contributed by atoms with Gasteiger partial charge in [0.05, 0.1) is 11.4 Å². The van der Waals surface area contributed by atoms with E-state index in [2.05, 4.69) is 46.7 Å². The number of pyridine rings is 2. The van der Waals surface area contributed by atoms with Crippen LogP contribution in [0.3, 0.4) is 0 Å². The Morgan fingerprint density at radius 1 is 1.06 bits per heavy atom. The van der Waals surface area contributed by atoms with Crippen LogP contribution < -0.4 is 15.1 Å². The van der Waals surface area contributed by atoms with Crippen LogP contribution in [0, 0.1) is 13.8 Å². The summed E-state index contributed by atoms with van der Waals surface area (Å²) in [5.74, 6) is 2.33. The van der Waals surface area contributed by atoms with Gasteiger partial charge in [-0.05, 0) is 75.6 Å². The van der Waals surface area contributed by atoms with E-state index >= 15 is 0 Å². The molecule has 33 heavy (non-hydrogen) atoms. The molecule has 1 N–H and O–H groups in total. The standard InChI is InChI=1S/C27H32FN5/c1-18-15-19(2)29-25(16-18)30-20(3)33-14-8-13-32(6)24-12-11-23(31-26(24)33)21-9-7-10-22(17-21)27(4,5)28/h7,9-12,15-17H,3,8,13-14H2,1-2,4-6H3,(H,29,30). The largest absolute Gasteiger partial charge is 0.372 e. The topological polar surface area (TPSA) is 44.3 Å². The number of nitrogens with one attached hydrogen (secondary N) is 1. The first kappa shape index (κ1) is 22.8. The van der Waals surface area contributed by atoms with Gasteiger partial charge in [-0.2, -0.15) is 0 Å². The summed E-state index contributed by atoms with van der Waals surface area (Å²) in [6.45, 7) is 13.2. The average molecular weight is 446 g/mol. The van der Waals surface area contributed by atoms with Gasteiger partial charge >= 0.3 is 0 Å². The van der Waals surface area contributed by atoms with E-state index < -0.39 is 5.67 Å². The first-order valence-corrected chi connectivity index (χ1v) is 11.3. The molecule has 1 aliphatic heterocycles. The third kappa shape index (κ3) is 5.00. The molecule has 0 radical (unpaired) electrons. The fraction of sp³-hybridized carbons (Fsp3) is 0.333. The molecule has 5 nitrogen and oxygen atoms in total. The van der Waals surface area contributed by atoms with Crippen molar-refractivity contribution in [2.45, 2.75) is 39.8 Å². The van der Waals surface area contributed by atoms with Crippen molar-refractivity contribution in [1.29, 1.82) is 0 Å². The highest BCUT2D eigenvalue weighted by atomic mass is 19.1. The van der Waals surface area contributed by atoms with Gasteiger partial charge < -0.3 is 15.1 Å². The van der Waals surface area contributed by atoms with Crippen molar-refractivity contribution < 1.29 is 4.39 Å². The van der Waals surface area contributed by atoms with Crippen LogP contribution in [-0.4, -0.2) is 30.1 Å². The van der Waals surface area contributed by atoms with E-state index in [0.29, 0.717) is 5.56 Å². The zero-order valence-electron chi connectivity index (χ0n) is 20.1. The molecule has 2 aromatic heterocycles. The van der Waals surface area contributed by atoms with Gasteiger partial charge in [0.15, 0.2) is 5.82 Å². The molecule has 3 heterocycles. The number of anilines is 3. The highest BCUT2D eigenvalue weighted by Crippen LogP contribution is 2.35. The fourth-order valence-corrected chi connectivity index (χ4v) is 4.22. The van der Waals surface area contributed by atoms with Gasteiger partial charge in [0.25, 0.3) is 0 Å². The van der Waals surface area contributed by atoms with E-state index in [-0.39, 0.29) is 0 Å². The number of fused-ring (bicyclic) bond motifs is 1. The minimum absolute atomic E-state index is 0.637. The van der Waals surface area contributed by atoms with E-state index in [1.165, 1.54) is 0 Å². The van der Waals surface area contributed by atoms with Crippen molar-refractivity contribution in [3.8, 4) is 11.3 Å². The molecular weight excluding hydrogens is 413 g/mol. The Hall–Kier alpha value is -3.41. The smallest absolute Gasteiger partial charge is 0.158 e. The molecule has 0 unspecified atom stereocenters. The number of nitrogens with zero attached hydrogens (tertiary/aromatic N) is 4. The summed E-state index contributed by atoms with van der Waals surface area (Å²) >= 11 is 0. The van der Waals surface area contributed by atoms with Gasteiger partial charge in [-0.25, -0.2) is 14.4 Å². The third-order valence-electron chi connectivity index (χ3n) is 5.94. The average Bonchev–Trinajstić information content (AvgIpc) is 2.91. The van der Waals surface area contributed by atoms with Gasteiger partial charge in [-0.3, -0.25) is 0 Å². The second-order valence-electron chi connectivity index (χ2n) is 9.26. The summed E-state index contributed by atoms with van der Waals surface area (Å²) < 4.78 is 14.6. The van der Waals surface area contributed by atoms with Crippen LogP contribution >= 0.6 is 0 Å². The molecule has 0 fully saturated rings. The van der Waals surface area contributed by atoms with Gasteiger partial charge in [0.1, 0.15) is 17.3 Å². The van der Waals surface area contributed by atoms with Crippen molar-refractivity contribution in [1.82, 2.24) is 9.97 Å². The first-order chi connectivity index (χ1) is 15.6. The molecule has 0 saturated heterocycles. The number of halogens is 1. The number of hydrogen-bond donors (Lipinski definition) is 1. The Morgan fingerprint density at radius 3 is 2.58 bits per heavy atom. The van der Waals surface area contributed by atoms with Crippen LogP contribution in [0.1, 0.15) is 37.1 Å². The van der Waals surface area contributed by atoms with Crippen molar-refractivity contribution in [3.05, 3.63) is 77.8 Å². The maximum absolute atomic E-state index is 14.6. The zero-order chi connectivity index (χ0) is 23.8. The number of benzene rings is 1. The Labute approximate surface area is 196 Å². The quantitative estimate of drug-likeness (QED) is 0.507. The van der Waals surface area contributed by atoms with Gasteiger partial charge in [0.2, 0.25) is 0 Å². The summed E-state index contributed by atoms with van der Waals surface area (Å²) in [5.41, 5.74) is 4.06. The molecule has 1 aromatic carbocycles. The number of rotatable bonds is 5. The van der Waals surface area contributed by atoms with Crippen LogP contribution in [0.25, 0.3) is 11.3 Å². The number of hydrogen-bond acceptors (Lipinski definition) is 5. The number of aromatic nitrogens is 2. The van der Waals surface area contributed by atoms with Gasteiger partial charge in [-0.15, -0.1) is 0 Å². The van der Waals surface area contributed by atoms with E-state index in [1.54, 1.807) is 13.8 Å². The summed E-state index contributed by atoms with van der Waals surface area (Å²) in [5, 5.41) is 3.38. The third-order valence-corrected chi connectivity index (χ3v) is 5.94. The van der Waals surface area contributed by atoms with E-state index in [4.69, 9.17) is 4.98 Å². The Balaban J connectivity index is 1.72. The summed E-state index contributed by atoms with van der Waals surface area (Å²) in [6, 6.07) is 15.7. The normalized spacial score (nSPS) is 14.0. The lowest BCUT2D eigenvalue weighted by molar-refractivity contribution is 0.221. The Morgan fingerprint density at radius 2 is 1.85 bits per heavy atom. The lowest BCUT2D eigenvalue weighted by Crippen LogP contribution is -2.28. The first-order valence-electron chi connectivity index (χ1n) is 11.3. The van der Waals surface area contributed by atoms with Crippen LogP contribution in [0.15, 0.2) is 60.9 Å². The van der Waals surface area contributed by atoms with Crippen molar-refractivity contribution in [2.24, 2.45) is 0 Å². The van der Waals surface area contributed by atoms with Crippen molar-refractivity contribution >= 4 is 17.3 Å². The number of aryl methyl sites for hydroxylation is 2. The van der Waals surface area contributed by atoms with Crippen LogP contribution in [0.5, 0.6) is 0 Å². The predicted octanol–water partition coefficient (Wildman–Crippen LogP) is 6.19. The minimum Gasteiger partial charge on any atom is -0.372 e. The molecule has 0 bridgehead atoms. The highest BCUT2D eigenvalue weighted by molar-refractivity contribution is 5.75.